The maximum atomic E-state index is 11.3. The normalized spacial score (nSPS) is 18.6. The van der Waals surface area contributed by atoms with Gasteiger partial charge in [0.2, 0.25) is 0 Å². The van der Waals surface area contributed by atoms with Crippen LogP contribution in [0, 0.1) is 0 Å². The van der Waals surface area contributed by atoms with Crippen LogP contribution in [0.5, 0.6) is 0 Å². The summed E-state index contributed by atoms with van der Waals surface area (Å²) in [5.41, 5.74) is 2.50. The Hall–Kier alpha value is -1.70. The molecule has 1 atom stereocenters. The lowest BCUT2D eigenvalue weighted by Crippen LogP contribution is -1.94. The Morgan fingerprint density at radius 1 is 1.36 bits per heavy atom. The first-order valence-corrected chi connectivity index (χ1v) is 4.51. The van der Waals surface area contributed by atoms with Crippen molar-refractivity contribution in [3.63, 3.8) is 0 Å². The number of carbonyl (C=O) groups is 2. The van der Waals surface area contributed by atoms with E-state index in [0.717, 1.165) is 17.4 Å². The quantitative estimate of drug-likeness (QED) is 0.661. The third kappa shape index (κ3) is 1.20. The van der Waals surface area contributed by atoms with Gasteiger partial charge in [0.15, 0.2) is 5.78 Å². The van der Waals surface area contributed by atoms with Crippen LogP contribution in [-0.2, 0) is 9.59 Å². The molecule has 0 heterocycles. The molecular weight excluding hydrogens is 176 g/mol. The Bertz CT molecular complexity index is 430. The lowest BCUT2D eigenvalue weighted by atomic mass is 10.0. The average Bonchev–Trinajstić information content (AvgIpc) is 2.56. The molecule has 1 aromatic rings. The molecule has 0 aliphatic heterocycles. The first kappa shape index (κ1) is 8.88. The number of Topliss-reactive ketones (excluding diaryl/α,β-unsaturated/α-hetero) is 1. The zero-order chi connectivity index (χ0) is 10.1. The third-order valence-corrected chi connectivity index (χ3v) is 2.48. The maximum absolute atomic E-state index is 11.3. The highest BCUT2D eigenvalue weighted by Crippen LogP contribution is 2.34. The van der Waals surface area contributed by atoms with Crippen LogP contribution in [0.25, 0.3) is 5.57 Å². The van der Waals surface area contributed by atoms with Crippen molar-refractivity contribution in [2.45, 2.75) is 12.8 Å². The molecule has 70 valence electrons. The highest BCUT2D eigenvalue weighted by molar-refractivity contribution is 6.22. The van der Waals surface area contributed by atoms with Gasteiger partial charge < -0.3 is 4.79 Å². The molecule has 1 aromatic carbocycles. The van der Waals surface area contributed by atoms with Gasteiger partial charge in [-0.3, -0.25) is 4.79 Å². The van der Waals surface area contributed by atoms with Crippen LogP contribution in [0.2, 0.25) is 0 Å². The molecule has 14 heavy (non-hydrogen) atoms. The molecule has 1 unspecified atom stereocenters. The van der Waals surface area contributed by atoms with Crippen molar-refractivity contribution < 1.29 is 9.59 Å². The standard InChI is InChI=1S/C12H10O2/c1-8(14)12-6-9(7-13)10-4-2-3-5-11(10)12/h2-7,9H,1H3. The van der Waals surface area contributed by atoms with E-state index in [1.54, 1.807) is 6.08 Å². The van der Waals surface area contributed by atoms with Crippen LogP contribution in [-0.4, -0.2) is 12.1 Å². The van der Waals surface area contributed by atoms with E-state index in [1.165, 1.54) is 6.92 Å². The van der Waals surface area contributed by atoms with Crippen LogP contribution >= 0.6 is 0 Å². The Kier molecular flexibility index (Phi) is 2.04. The summed E-state index contributed by atoms with van der Waals surface area (Å²) in [7, 11) is 0. The topological polar surface area (TPSA) is 34.1 Å². The Labute approximate surface area is 82.2 Å². The summed E-state index contributed by atoms with van der Waals surface area (Å²) in [6.07, 6.45) is 2.61. The summed E-state index contributed by atoms with van der Waals surface area (Å²) in [6, 6.07) is 7.53. The van der Waals surface area contributed by atoms with E-state index in [0.29, 0.717) is 5.57 Å². The van der Waals surface area contributed by atoms with Crippen molar-refractivity contribution in [3.05, 3.63) is 41.5 Å². The fourth-order valence-electron chi connectivity index (χ4n) is 1.81. The predicted octanol–water partition coefficient (Wildman–Crippen LogP) is 1.96. The zero-order valence-corrected chi connectivity index (χ0v) is 7.86. The molecule has 0 radical (unpaired) electrons. The smallest absolute Gasteiger partial charge is 0.160 e. The van der Waals surface area contributed by atoms with Gasteiger partial charge in [-0.05, 0) is 18.1 Å². The van der Waals surface area contributed by atoms with E-state index in [2.05, 4.69) is 0 Å². The van der Waals surface area contributed by atoms with Crippen molar-refractivity contribution in [3.8, 4) is 0 Å². The van der Waals surface area contributed by atoms with Gasteiger partial charge in [0.25, 0.3) is 0 Å². The molecule has 0 aromatic heterocycles. The molecule has 2 heteroatoms. The minimum atomic E-state index is -0.245. The lowest BCUT2D eigenvalue weighted by Gasteiger charge is -2.02. The largest absolute Gasteiger partial charge is 0.302 e. The summed E-state index contributed by atoms with van der Waals surface area (Å²) in [6.45, 7) is 1.52. The molecule has 0 N–H and O–H groups in total. The van der Waals surface area contributed by atoms with Gasteiger partial charge >= 0.3 is 0 Å². The van der Waals surface area contributed by atoms with E-state index in [1.807, 2.05) is 24.3 Å². The Morgan fingerprint density at radius 2 is 2.07 bits per heavy atom. The number of hydrogen-bond acceptors (Lipinski definition) is 2. The zero-order valence-electron chi connectivity index (χ0n) is 7.86. The van der Waals surface area contributed by atoms with E-state index in [4.69, 9.17) is 0 Å². The molecule has 0 saturated carbocycles. The predicted molar refractivity (Wildman–Crippen MR) is 53.9 cm³/mol. The van der Waals surface area contributed by atoms with E-state index in [9.17, 15) is 9.59 Å². The number of fused-ring (bicyclic) bond motifs is 1. The number of rotatable bonds is 2. The van der Waals surface area contributed by atoms with Crippen LogP contribution < -0.4 is 0 Å². The van der Waals surface area contributed by atoms with E-state index < -0.39 is 0 Å². The highest BCUT2D eigenvalue weighted by Gasteiger charge is 2.24. The van der Waals surface area contributed by atoms with Gasteiger partial charge in [-0.25, -0.2) is 0 Å². The minimum Gasteiger partial charge on any atom is -0.302 e. The molecule has 2 nitrogen and oxygen atoms in total. The minimum absolute atomic E-state index is 0.0156. The average molecular weight is 186 g/mol. The molecule has 0 spiro atoms. The van der Waals surface area contributed by atoms with Crippen molar-refractivity contribution in [1.82, 2.24) is 0 Å². The SMILES string of the molecule is CC(=O)C1=CC(C=O)c2ccccc21. The van der Waals surface area contributed by atoms with E-state index in [-0.39, 0.29) is 11.7 Å². The number of aldehydes is 1. The number of allylic oxidation sites excluding steroid dienone is 2. The fourth-order valence-corrected chi connectivity index (χ4v) is 1.81. The van der Waals surface area contributed by atoms with Crippen molar-refractivity contribution in [2.75, 3.05) is 0 Å². The lowest BCUT2D eigenvalue weighted by molar-refractivity contribution is -0.111. The summed E-state index contributed by atoms with van der Waals surface area (Å²) in [5.74, 6) is -0.230. The number of carbonyl (C=O) groups excluding carboxylic acids is 2. The second-order valence-corrected chi connectivity index (χ2v) is 3.39. The molecule has 0 bridgehead atoms. The fraction of sp³-hybridized carbons (Fsp3) is 0.167. The Balaban J connectivity index is 2.59. The highest BCUT2D eigenvalue weighted by atomic mass is 16.1. The van der Waals surface area contributed by atoms with Gasteiger partial charge in [-0.15, -0.1) is 0 Å². The monoisotopic (exact) mass is 186 g/mol. The molecule has 0 fully saturated rings. The molecule has 2 rings (SSSR count). The third-order valence-electron chi connectivity index (χ3n) is 2.48. The van der Waals surface area contributed by atoms with Crippen molar-refractivity contribution >= 4 is 17.6 Å². The second kappa shape index (κ2) is 3.22. The number of benzene rings is 1. The summed E-state index contributed by atoms with van der Waals surface area (Å²) in [4.78, 5) is 22.1. The summed E-state index contributed by atoms with van der Waals surface area (Å²) >= 11 is 0. The van der Waals surface area contributed by atoms with Crippen molar-refractivity contribution in [2.24, 2.45) is 0 Å². The van der Waals surface area contributed by atoms with Gasteiger partial charge in [0, 0.05) is 5.57 Å². The van der Waals surface area contributed by atoms with Gasteiger partial charge in [-0.2, -0.15) is 0 Å². The van der Waals surface area contributed by atoms with Crippen LogP contribution in [0.4, 0.5) is 0 Å². The second-order valence-electron chi connectivity index (χ2n) is 3.39. The summed E-state index contributed by atoms with van der Waals surface area (Å²) < 4.78 is 0. The van der Waals surface area contributed by atoms with Crippen LogP contribution in [0.1, 0.15) is 24.0 Å². The van der Waals surface area contributed by atoms with Gasteiger partial charge in [0.05, 0.1) is 5.92 Å². The molecule has 1 aliphatic carbocycles. The first-order valence-electron chi connectivity index (χ1n) is 4.51. The number of hydrogen-bond donors (Lipinski definition) is 0. The van der Waals surface area contributed by atoms with E-state index >= 15 is 0 Å². The first-order chi connectivity index (χ1) is 6.74. The molecular formula is C12H10O2. The molecule has 0 saturated heterocycles. The van der Waals surface area contributed by atoms with Gasteiger partial charge in [0.1, 0.15) is 6.29 Å². The van der Waals surface area contributed by atoms with Crippen LogP contribution in [0.15, 0.2) is 30.3 Å². The van der Waals surface area contributed by atoms with Crippen LogP contribution in [0.3, 0.4) is 0 Å². The molecule has 1 aliphatic rings. The summed E-state index contributed by atoms with van der Waals surface area (Å²) in [5, 5.41) is 0. The maximum Gasteiger partial charge on any atom is 0.160 e. The van der Waals surface area contributed by atoms with Gasteiger partial charge in [-0.1, -0.05) is 30.3 Å². The number of ketones is 1. The van der Waals surface area contributed by atoms with Crippen molar-refractivity contribution in [1.29, 1.82) is 0 Å². The molecule has 0 amide bonds. The Morgan fingerprint density at radius 3 is 2.71 bits per heavy atom.